The van der Waals surface area contributed by atoms with Gasteiger partial charge in [-0.3, -0.25) is 14.4 Å². The Kier molecular flexibility index (Phi) is 8.76. The van der Waals surface area contributed by atoms with Crippen LogP contribution in [0.15, 0.2) is 0 Å². The second kappa shape index (κ2) is 9.72. The molecule has 126 valence electrons. The molecule has 0 saturated heterocycles. The third kappa shape index (κ3) is 7.58. The molecule has 0 aromatic carbocycles. The van der Waals surface area contributed by atoms with Gasteiger partial charge in [-0.2, -0.15) is 0 Å². The summed E-state index contributed by atoms with van der Waals surface area (Å²) in [5.74, 6) is -2.56. The molecule has 0 spiro atoms. The molecule has 0 saturated carbocycles. The van der Waals surface area contributed by atoms with Crippen molar-refractivity contribution in [3.63, 3.8) is 0 Å². The van der Waals surface area contributed by atoms with Crippen molar-refractivity contribution in [1.82, 2.24) is 10.6 Å². The Hall–Kier alpha value is -2.16. The summed E-state index contributed by atoms with van der Waals surface area (Å²) in [4.78, 5) is 46.1. The number of carbonyl (C=O) groups excluding carboxylic acids is 4. The Bertz CT molecular complexity index is 425. The highest BCUT2D eigenvalue weighted by atomic mass is 16.5. The molecule has 9 nitrogen and oxygen atoms in total. The van der Waals surface area contributed by atoms with Crippen LogP contribution in [0.5, 0.6) is 0 Å². The molecule has 2 atom stereocenters. The van der Waals surface area contributed by atoms with Crippen LogP contribution in [-0.4, -0.2) is 49.4 Å². The number of nitrogens with one attached hydrogen (secondary N) is 2. The second-order valence-corrected chi connectivity index (χ2v) is 5.21. The molecule has 0 aromatic rings. The Morgan fingerprint density at radius 3 is 2.09 bits per heavy atom. The predicted molar refractivity (Wildman–Crippen MR) is 78.2 cm³/mol. The first-order valence-corrected chi connectivity index (χ1v) is 6.87. The van der Waals surface area contributed by atoms with Crippen LogP contribution < -0.4 is 22.1 Å². The SMILES string of the molecule is COC(=O)[C@H](CC(C)C)NC(=O)[C@H](CC(N)=O)NC(=O)CN. The average Bonchev–Trinajstić information content (AvgIpc) is 2.43. The average molecular weight is 316 g/mol. The van der Waals surface area contributed by atoms with E-state index < -0.39 is 42.2 Å². The number of rotatable bonds is 9. The first-order chi connectivity index (χ1) is 10.2. The molecule has 22 heavy (non-hydrogen) atoms. The molecule has 0 fully saturated rings. The number of amides is 3. The van der Waals surface area contributed by atoms with Crippen molar-refractivity contribution >= 4 is 23.7 Å². The zero-order valence-electron chi connectivity index (χ0n) is 13.0. The Morgan fingerprint density at radius 2 is 1.68 bits per heavy atom. The fourth-order valence-electron chi connectivity index (χ4n) is 1.76. The van der Waals surface area contributed by atoms with E-state index in [2.05, 4.69) is 15.4 Å². The van der Waals surface area contributed by atoms with Crippen LogP contribution >= 0.6 is 0 Å². The summed E-state index contributed by atoms with van der Waals surface area (Å²) in [6.45, 7) is 3.41. The lowest BCUT2D eigenvalue weighted by molar-refractivity contribution is -0.145. The standard InChI is InChI=1S/C13H24N4O5/c1-7(2)4-9(13(21)22-3)17-12(20)8(5-10(15)18)16-11(19)6-14/h7-9H,4-6,14H2,1-3H3,(H2,15,18)(H,16,19)(H,17,20)/t8-,9-/m0/s1. The Morgan fingerprint density at radius 1 is 1.09 bits per heavy atom. The quantitative estimate of drug-likeness (QED) is 0.361. The van der Waals surface area contributed by atoms with Gasteiger partial charge in [0.1, 0.15) is 12.1 Å². The molecule has 0 aliphatic rings. The Balaban J connectivity index is 4.97. The summed E-state index contributed by atoms with van der Waals surface area (Å²) in [5, 5.41) is 4.74. The van der Waals surface area contributed by atoms with Gasteiger partial charge in [0.05, 0.1) is 20.1 Å². The van der Waals surface area contributed by atoms with Gasteiger partial charge in [0.25, 0.3) is 0 Å². The van der Waals surface area contributed by atoms with E-state index in [1.807, 2.05) is 13.8 Å². The van der Waals surface area contributed by atoms with Crippen molar-refractivity contribution in [2.75, 3.05) is 13.7 Å². The van der Waals surface area contributed by atoms with Crippen LogP contribution in [0.2, 0.25) is 0 Å². The van der Waals surface area contributed by atoms with Crippen molar-refractivity contribution < 1.29 is 23.9 Å². The highest BCUT2D eigenvalue weighted by molar-refractivity contribution is 5.94. The Labute approximate surface area is 129 Å². The number of primary amides is 1. The topological polar surface area (TPSA) is 154 Å². The van der Waals surface area contributed by atoms with Crippen LogP contribution in [0.1, 0.15) is 26.7 Å². The lowest BCUT2D eigenvalue weighted by Gasteiger charge is -2.22. The number of esters is 1. The van der Waals surface area contributed by atoms with Crippen LogP contribution in [0.4, 0.5) is 0 Å². The van der Waals surface area contributed by atoms with Crippen molar-refractivity contribution in [2.45, 2.75) is 38.8 Å². The van der Waals surface area contributed by atoms with E-state index in [-0.39, 0.29) is 12.5 Å². The van der Waals surface area contributed by atoms with Gasteiger partial charge < -0.3 is 26.8 Å². The van der Waals surface area contributed by atoms with Crippen molar-refractivity contribution in [1.29, 1.82) is 0 Å². The van der Waals surface area contributed by atoms with Gasteiger partial charge >= 0.3 is 5.97 Å². The monoisotopic (exact) mass is 316 g/mol. The summed E-state index contributed by atoms with van der Waals surface area (Å²) in [5.41, 5.74) is 10.2. The van der Waals surface area contributed by atoms with Crippen molar-refractivity contribution in [3.8, 4) is 0 Å². The normalized spacial score (nSPS) is 13.1. The van der Waals surface area contributed by atoms with E-state index >= 15 is 0 Å². The molecule has 0 aromatic heterocycles. The van der Waals surface area contributed by atoms with Crippen LogP contribution in [0, 0.1) is 5.92 Å². The predicted octanol–water partition coefficient (Wildman–Crippen LogP) is -1.99. The van der Waals surface area contributed by atoms with Gasteiger partial charge in [0.15, 0.2) is 0 Å². The molecule has 0 unspecified atom stereocenters. The highest BCUT2D eigenvalue weighted by Gasteiger charge is 2.28. The van der Waals surface area contributed by atoms with Gasteiger partial charge in [-0.05, 0) is 12.3 Å². The van der Waals surface area contributed by atoms with Gasteiger partial charge in [-0.15, -0.1) is 0 Å². The molecule has 0 heterocycles. The van der Waals surface area contributed by atoms with E-state index in [1.54, 1.807) is 0 Å². The maximum Gasteiger partial charge on any atom is 0.328 e. The lowest BCUT2D eigenvalue weighted by atomic mass is 10.0. The molecule has 0 aliphatic carbocycles. The van der Waals surface area contributed by atoms with E-state index in [0.29, 0.717) is 6.42 Å². The number of ether oxygens (including phenoxy) is 1. The summed E-state index contributed by atoms with van der Waals surface area (Å²) in [7, 11) is 1.21. The summed E-state index contributed by atoms with van der Waals surface area (Å²) < 4.78 is 4.62. The number of nitrogens with two attached hydrogens (primary N) is 2. The molecule has 9 heteroatoms. The minimum absolute atomic E-state index is 0.123. The summed E-state index contributed by atoms with van der Waals surface area (Å²) >= 11 is 0. The zero-order chi connectivity index (χ0) is 17.3. The third-order valence-corrected chi connectivity index (χ3v) is 2.75. The molecule has 0 bridgehead atoms. The summed E-state index contributed by atoms with van der Waals surface area (Å²) in [6.07, 6.45) is -0.0420. The number of hydrogen-bond acceptors (Lipinski definition) is 6. The van der Waals surface area contributed by atoms with E-state index in [9.17, 15) is 19.2 Å². The third-order valence-electron chi connectivity index (χ3n) is 2.75. The van der Waals surface area contributed by atoms with Gasteiger partial charge in [-0.25, -0.2) is 4.79 Å². The van der Waals surface area contributed by atoms with Crippen LogP contribution in [-0.2, 0) is 23.9 Å². The van der Waals surface area contributed by atoms with E-state index in [0.717, 1.165) is 0 Å². The van der Waals surface area contributed by atoms with E-state index in [4.69, 9.17) is 11.5 Å². The van der Waals surface area contributed by atoms with Crippen molar-refractivity contribution in [3.05, 3.63) is 0 Å². The fraction of sp³-hybridized carbons (Fsp3) is 0.692. The van der Waals surface area contributed by atoms with Gasteiger partial charge in [0.2, 0.25) is 17.7 Å². The van der Waals surface area contributed by atoms with Crippen LogP contribution in [0.3, 0.4) is 0 Å². The highest BCUT2D eigenvalue weighted by Crippen LogP contribution is 2.07. The number of methoxy groups -OCH3 is 1. The number of hydrogen-bond donors (Lipinski definition) is 4. The zero-order valence-corrected chi connectivity index (χ0v) is 13.0. The summed E-state index contributed by atoms with van der Waals surface area (Å²) in [6, 6.07) is -2.06. The first kappa shape index (κ1) is 19.8. The molecule has 6 N–H and O–H groups in total. The molecular formula is C13H24N4O5. The minimum Gasteiger partial charge on any atom is -0.467 e. The molecule has 0 rings (SSSR count). The smallest absolute Gasteiger partial charge is 0.328 e. The molecular weight excluding hydrogens is 292 g/mol. The van der Waals surface area contributed by atoms with Crippen molar-refractivity contribution in [2.24, 2.45) is 17.4 Å². The molecule has 0 aliphatic heterocycles. The molecule has 3 amide bonds. The minimum atomic E-state index is -1.19. The first-order valence-electron chi connectivity index (χ1n) is 6.87. The van der Waals surface area contributed by atoms with Gasteiger partial charge in [-0.1, -0.05) is 13.8 Å². The maximum atomic E-state index is 12.2. The van der Waals surface area contributed by atoms with E-state index in [1.165, 1.54) is 7.11 Å². The fourth-order valence-corrected chi connectivity index (χ4v) is 1.76. The number of carbonyl (C=O) groups is 4. The van der Waals surface area contributed by atoms with Crippen LogP contribution in [0.25, 0.3) is 0 Å². The molecule has 0 radical (unpaired) electrons. The lowest BCUT2D eigenvalue weighted by Crippen LogP contribution is -2.54. The largest absolute Gasteiger partial charge is 0.467 e. The van der Waals surface area contributed by atoms with Gasteiger partial charge in [0, 0.05) is 0 Å². The second-order valence-electron chi connectivity index (χ2n) is 5.21. The maximum absolute atomic E-state index is 12.2.